The van der Waals surface area contributed by atoms with Gasteiger partial charge in [-0.25, -0.2) is 4.79 Å². The largest absolute Gasteiger partial charge is 0.480 e. The minimum atomic E-state index is -0.923. The van der Waals surface area contributed by atoms with Crippen molar-refractivity contribution in [2.75, 3.05) is 92.0 Å². The number of nitrogens with one attached hydrogen (secondary N) is 1. The highest BCUT2D eigenvalue weighted by atomic mass is 35.5. The molecule has 0 aliphatic carbocycles. The number of carboxylic acids is 1. The average Bonchev–Trinajstić information content (AvgIpc) is 4.02. The third-order valence-electron chi connectivity index (χ3n) is 10.4. The summed E-state index contributed by atoms with van der Waals surface area (Å²) in [6.45, 7) is 8.43. The van der Waals surface area contributed by atoms with E-state index in [0.29, 0.717) is 32.8 Å². The molecule has 3 aromatic carbocycles. The zero-order valence-electron chi connectivity index (χ0n) is 35.5. The summed E-state index contributed by atoms with van der Waals surface area (Å²) in [4.78, 5) is 26.1. The van der Waals surface area contributed by atoms with Crippen LogP contribution in [0.2, 0.25) is 0 Å². The Hall–Kier alpha value is -3.39. The first kappa shape index (κ1) is 50.6. The number of nitrogens with zero attached hydrogens (tertiary/aromatic N) is 2. The van der Waals surface area contributed by atoms with E-state index in [9.17, 15) is 14.7 Å². The molecule has 12 nitrogen and oxygen atoms in total. The Kier molecular flexibility index (Phi) is 21.8. The van der Waals surface area contributed by atoms with Crippen molar-refractivity contribution in [3.05, 3.63) is 106 Å². The number of rotatable bonds is 19. The van der Waals surface area contributed by atoms with Crippen molar-refractivity contribution in [2.24, 2.45) is 0 Å². The Balaban J connectivity index is 0.000000168. The van der Waals surface area contributed by atoms with Gasteiger partial charge in [-0.15, -0.1) is 46.4 Å². The van der Waals surface area contributed by atoms with Gasteiger partial charge in [0.1, 0.15) is 13.2 Å². The lowest BCUT2D eigenvalue weighted by atomic mass is 10.1. The number of carboxylic acid groups (broad SMARTS) is 1. The quantitative estimate of drug-likeness (QED) is 0.0591. The Bertz CT molecular complexity index is 2250. The minimum absolute atomic E-state index is 0. The molecule has 0 spiro atoms. The van der Waals surface area contributed by atoms with Crippen LogP contribution in [0.5, 0.6) is 0 Å². The number of carbonyl (C=O) groups excluding carboxylic acids is 1. The fourth-order valence-electron chi connectivity index (χ4n) is 6.89. The normalized spacial score (nSPS) is 15.5. The van der Waals surface area contributed by atoms with Gasteiger partial charge in [-0.1, -0.05) is 36.4 Å². The van der Waals surface area contributed by atoms with Gasteiger partial charge in [0.25, 0.3) is 0 Å². The average molecular weight is 943 g/mol. The van der Waals surface area contributed by atoms with Crippen molar-refractivity contribution >= 4 is 88.4 Å². The molecule has 63 heavy (non-hydrogen) atoms. The van der Waals surface area contributed by atoms with Crippen LogP contribution >= 0.6 is 46.4 Å². The number of β-amino-alcohol motifs (C(OH)–C–C–N with tert-alkyl or cyclic N) is 3. The molecule has 0 atom stereocenters. The van der Waals surface area contributed by atoms with E-state index in [4.69, 9.17) is 29.5 Å². The standard InChI is InChI=1S/C16H19NO3S.C16H21NO2S.C12H12O3S.C3H7NO.ClH/c18-14-8-17(9-14)10-15(19)11-20-5-3-12-1-2-16-13(7-12)4-6-21-16;18-15-11-17(12-15)6-1-7-19-8-4-13-2-3-16-14(10-13)5-9-20-16;13-12(14)8-15-5-3-9-1-2-11-10(7-9)4-6-16-11;5-3-1-4-2-3;/h1-2,4,6-7,14,18H,3,5,8-11H2;2-3,5,9-10,15,18H,1,4,6-8,11-12H2;1-2,4,6-7H,3,5,8H2,(H,13,14);3-5H,1-2H2;1H. The van der Waals surface area contributed by atoms with Crippen molar-refractivity contribution in [1.29, 1.82) is 0 Å². The van der Waals surface area contributed by atoms with Crippen LogP contribution in [0.3, 0.4) is 0 Å². The molecule has 0 radical (unpaired) electrons. The van der Waals surface area contributed by atoms with Crippen LogP contribution in [-0.2, 0) is 43.1 Å². The van der Waals surface area contributed by atoms with Crippen molar-refractivity contribution in [2.45, 2.75) is 44.0 Å². The molecule has 3 aliphatic rings. The van der Waals surface area contributed by atoms with Crippen LogP contribution in [0.4, 0.5) is 0 Å². The number of fused-ring (bicyclic) bond motifs is 3. The lowest BCUT2D eigenvalue weighted by Crippen LogP contribution is -2.52. The number of thiophene rings is 3. The monoisotopic (exact) mass is 941 g/mol. The van der Waals surface area contributed by atoms with Crippen LogP contribution < -0.4 is 5.32 Å². The highest BCUT2D eigenvalue weighted by Gasteiger charge is 2.26. The van der Waals surface area contributed by atoms with Gasteiger partial charge in [-0.2, -0.15) is 0 Å². The van der Waals surface area contributed by atoms with Gasteiger partial charge < -0.3 is 40.0 Å². The molecule has 9 rings (SSSR count). The molecule has 3 aromatic heterocycles. The van der Waals surface area contributed by atoms with Gasteiger partial charge in [0, 0.05) is 66.5 Å². The number of hydrogen-bond donors (Lipinski definition) is 5. The van der Waals surface area contributed by atoms with Gasteiger partial charge in [-0.05, 0) is 111 Å². The van der Waals surface area contributed by atoms with Gasteiger partial charge in [-0.3, -0.25) is 14.6 Å². The Morgan fingerprint density at radius 2 is 1.02 bits per heavy atom. The number of ketones is 1. The Labute approximate surface area is 387 Å². The van der Waals surface area contributed by atoms with Gasteiger partial charge in [0.15, 0.2) is 5.78 Å². The molecule has 3 fully saturated rings. The van der Waals surface area contributed by atoms with E-state index in [2.05, 4.69) is 99.2 Å². The lowest BCUT2D eigenvalue weighted by molar-refractivity contribution is -0.142. The zero-order valence-corrected chi connectivity index (χ0v) is 38.7. The summed E-state index contributed by atoms with van der Waals surface area (Å²) in [5.41, 5.74) is 3.76. The van der Waals surface area contributed by atoms with Gasteiger partial charge in [0.05, 0.1) is 44.7 Å². The molecule has 6 heterocycles. The topological polar surface area (TPSA) is 161 Å². The van der Waals surface area contributed by atoms with Crippen LogP contribution in [0.15, 0.2) is 88.9 Å². The highest BCUT2D eigenvalue weighted by molar-refractivity contribution is 7.17. The second-order valence-corrected chi connectivity index (χ2v) is 18.5. The minimum Gasteiger partial charge on any atom is -0.480 e. The van der Waals surface area contributed by atoms with E-state index in [-0.39, 0.29) is 49.7 Å². The first-order valence-electron chi connectivity index (χ1n) is 21.2. The number of Topliss-reactive ketones (excluding diaryl/α,β-unsaturated/α-hetero) is 1. The van der Waals surface area contributed by atoms with Crippen LogP contribution in [0, 0.1) is 0 Å². The molecule has 0 saturated carbocycles. The summed E-state index contributed by atoms with van der Waals surface area (Å²) >= 11 is 5.25. The number of ether oxygens (including phenoxy) is 3. The molecule has 16 heteroatoms. The third-order valence-corrected chi connectivity index (χ3v) is 13.1. The van der Waals surface area contributed by atoms with E-state index in [1.165, 1.54) is 46.9 Å². The maximum atomic E-state index is 11.7. The fraction of sp³-hybridized carbons (Fsp3) is 0.447. The highest BCUT2D eigenvalue weighted by Crippen LogP contribution is 2.24. The molecule has 6 aromatic rings. The van der Waals surface area contributed by atoms with E-state index in [1.54, 1.807) is 34.0 Å². The number of aliphatic carboxylic acids is 1. The SMILES string of the molecule is Cl.O=C(COCCc1ccc2sccc2c1)CN1CC(O)C1.O=C(O)COCCc1ccc2sccc2c1.OC1CN(CCCOCCc2ccc3sccc3c2)C1.OC1CNC1. The smallest absolute Gasteiger partial charge is 0.329 e. The van der Waals surface area contributed by atoms with E-state index >= 15 is 0 Å². The van der Waals surface area contributed by atoms with Gasteiger partial charge >= 0.3 is 5.97 Å². The summed E-state index contributed by atoms with van der Waals surface area (Å²) in [5.74, 6) is -0.844. The molecule has 342 valence electrons. The van der Waals surface area contributed by atoms with Crippen molar-refractivity contribution < 1.29 is 44.2 Å². The van der Waals surface area contributed by atoms with Crippen LogP contribution in [-0.4, -0.2) is 152 Å². The number of aliphatic hydroxyl groups excluding tert-OH is 3. The lowest BCUT2D eigenvalue weighted by Gasteiger charge is -2.35. The summed E-state index contributed by atoms with van der Waals surface area (Å²) in [5, 5.41) is 48.2. The Morgan fingerprint density at radius 3 is 1.43 bits per heavy atom. The summed E-state index contributed by atoms with van der Waals surface area (Å²) in [6.07, 6.45) is 3.20. The zero-order chi connectivity index (χ0) is 43.5. The molecular formula is C47H60ClN3O9S3. The number of halogens is 1. The second kappa shape index (κ2) is 27.2. The molecule has 3 saturated heterocycles. The molecule has 3 aliphatic heterocycles. The number of benzene rings is 3. The number of aliphatic hydroxyl groups is 3. The second-order valence-electron chi connectivity index (χ2n) is 15.7. The predicted octanol–water partition coefficient (Wildman–Crippen LogP) is 6.15. The summed E-state index contributed by atoms with van der Waals surface area (Å²) in [7, 11) is 0. The van der Waals surface area contributed by atoms with E-state index < -0.39 is 5.97 Å². The first-order valence-corrected chi connectivity index (χ1v) is 23.9. The van der Waals surface area contributed by atoms with Crippen LogP contribution in [0.1, 0.15) is 23.1 Å². The van der Waals surface area contributed by atoms with Gasteiger partial charge in [0.2, 0.25) is 0 Å². The van der Waals surface area contributed by atoms with Crippen molar-refractivity contribution in [3.8, 4) is 0 Å². The van der Waals surface area contributed by atoms with E-state index in [0.717, 1.165) is 71.6 Å². The number of carbonyl (C=O) groups is 2. The van der Waals surface area contributed by atoms with Crippen molar-refractivity contribution in [1.82, 2.24) is 15.1 Å². The molecule has 0 amide bonds. The van der Waals surface area contributed by atoms with Crippen LogP contribution in [0.25, 0.3) is 30.3 Å². The maximum absolute atomic E-state index is 11.7. The molecular weight excluding hydrogens is 882 g/mol. The third kappa shape index (κ3) is 17.8. The number of hydrogen-bond acceptors (Lipinski definition) is 14. The molecule has 5 N–H and O–H groups in total. The molecule has 0 unspecified atom stereocenters. The van der Waals surface area contributed by atoms with Crippen molar-refractivity contribution in [3.63, 3.8) is 0 Å². The summed E-state index contributed by atoms with van der Waals surface area (Å²) in [6, 6.07) is 25.7. The number of likely N-dealkylation sites (tertiary alicyclic amines) is 2. The van der Waals surface area contributed by atoms with E-state index in [1.807, 2.05) is 4.90 Å². The summed E-state index contributed by atoms with van der Waals surface area (Å²) < 4.78 is 20.1. The molecule has 0 bridgehead atoms. The Morgan fingerprint density at radius 1 is 0.587 bits per heavy atom. The fourth-order valence-corrected chi connectivity index (χ4v) is 9.20. The predicted molar refractivity (Wildman–Crippen MR) is 257 cm³/mol. The first-order chi connectivity index (χ1) is 30.2. The maximum Gasteiger partial charge on any atom is 0.329 e.